The number of nitrogens with zero attached hydrogens (tertiary/aromatic N) is 1. The summed E-state index contributed by atoms with van der Waals surface area (Å²) in [7, 11) is -0.611. The number of aliphatic hydroxyl groups is 2. The summed E-state index contributed by atoms with van der Waals surface area (Å²) in [6.07, 6.45) is 0.949. The van der Waals surface area contributed by atoms with Crippen molar-refractivity contribution in [3.63, 3.8) is 0 Å². The Hall–Kier alpha value is -1.20. The predicted octanol–water partition coefficient (Wildman–Crippen LogP) is -2.91. The van der Waals surface area contributed by atoms with Crippen LogP contribution in [-0.4, -0.2) is 82.2 Å². The van der Waals surface area contributed by atoms with Gasteiger partial charge in [-0.25, -0.2) is 0 Å². The van der Waals surface area contributed by atoms with Crippen LogP contribution in [0.1, 0.15) is 12.0 Å². The number of nitrogens with one attached hydrogen (secondary N) is 1. The molecule has 0 aliphatic carbocycles. The summed E-state index contributed by atoms with van der Waals surface area (Å²) in [5.41, 5.74) is 13.7. The number of hydrogen-bond acceptors (Lipinski definition) is 9. The number of carbonyl (C=O) groups excluding carboxylic acids is 2. The Morgan fingerprint density at radius 1 is 1.10 bits per heavy atom. The molecule has 2 atom stereocenters. The van der Waals surface area contributed by atoms with Crippen LogP contribution in [0.5, 0.6) is 0 Å². The van der Waals surface area contributed by atoms with Crippen LogP contribution in [0.3, 0.4) is 0 Å². The van der Waals surface area contributed by atoms with Crippen molar-refractivity contribution in [3.05, 3.63) is 41.6 Å². The van der Waals surface area contributed by atoms with Crippen molar-refractivity contribution in [2.24, 2.45) is 5.73 Å². The van der Waals surface area contributed by atoms with Crippen LogP contribution in [0, 0.1) is 0 Å². The SMILES string of the molecule is CS(C)=O.O=C([O-])CC(=O)[O-].[NH-]CC(O)CN(Cc1ccccc1)CC(O)CN.[Pt+4]. The maximum Gasteiger partial charge on any atom is 4.00 e. The van der Waals surface area contributed by atoms with Crippen molar-refractivity contribution < 1.29 is 55.3 Å². The molecule has 0 aromatic heterocycles. The quantitative estimate of drug-likeness (QED) is 0.228. The zero-order valence-electron chi connectivity index (χ0n) is 17.0. The van der Waals surface area contributed by atoms with E-state index in [9.17, 15) is 34.2 Å². The third-order valence-electron chi connectivity index (χ3n) is 2.98. The molecular formula is C18H30N3O7PtS+. The van der Waals surface area contributed by atoms with Gasteiger partial charge in [0.05, 0.1) is 6.10 Å². The molecule has 0 amide bonds. The average molecular weight is 628 g/mol. The molecule has 12 heteroatoms. The fourth-order valence-corrected chi connectivity index (χ4v) is 1.90. The topological polar surface area (TPSA) is 191 Å². The summed E-state index contributed by atoms with van der Waals surface area (Å²) in [6.45, 7) is 1.57. The molecule has 0 aliphatic heterocycles. The van der Waals surface area contributed by atoms with E-state index in [1.54, 1.807) is 12.5 Å². The number of hydrogen-bond donors (Lipinski definition) is 3. The van der Waals surface area contributed by atoms with E-state index in [0.717, 1.165) is 5.56 Å². The first kappa shape index (κ1) is 33.4. The summed E-state index contributed by atoms with van der Waals surface area (Å²) in [5, 5.41) is 37.7. The summed E-state index contributed by atoms with van der Waals surface area (Å²) in [5.74, 6) is -3.25. The Morgan fingerprint density at radius 3 is 1.87 bits per heavy atom. The van der Waals surface area contributed by atoms with E-state index >= 15 is 0 Å². The van der Waals surface area contributed by atoms with Crippen LogP contribution < -0.4 is 15.9 Å². The van der Waals surface area contributed by atoms with Crippen LogP contribution in [0.15, 0.2) is 30.3 Å². The third kappa shape index (κ3) is 24.8. The molecule has 0 saturated heterocycles. The second-order valence-corrected chi connectivity index (χ2v) is 7.57. The summed E-state index contributed by atoms with van der Waals surface area (Å²) >= 11 is 0. The van der Waals surface area contributed by atoms with Gasteiger partial charge in [-0.1, -0.05) is 30.3 Å². The molecule has 0 spiro atoms. The van der Waals surface area contributed by atoms with Gasteiger partial charge in [0.15, 0.2) is 0 Å². The second kappa shape index (κ2) is 21.0. The second-order valence-electron chi connectivity index (χ2n) is 6.09. The number of rotatable bonds is 10. The zero-order valence-corrected chi connectivity index (χ0v) is 20.1. The molecule has 1 aromatic carbocycles. The molecule has 0 saturated carbocycles. The fourth-order valence-electron chi connectivity index (χ4n) is 1.90. The Balaban J connectivity index is -0.000000507. The first-order chi connectivity index (χ1) is 13.5. The Bertz CT molecular complexity index is 568. The van der Waals surface area contributed by atoms with Crippen LogP contribution in [-0.2, 0) is 48.0 Å². The Kier molecular flexibility index (Phi) is 23.5. The number of carboxylic acid groups (broad SMARTS) is 2. The minimum Gasteiger partial charge on any atom is -0.675 e. The largest absolute Gasteiger partial charge is 4.00 e. The molecule has 5 N–H and O–H groups in total. The van der Waals surface area contributed by atoms with Gasteiger partial charge in [-0.15, -0.1) is 6.54 Å². The fraction of sp³-hybridized carbons (Fsp3) is 0.556. The van der Waals surface area contributed by atoms with Gasteiger partial charge in [0.1, 0.15) is 0 Å². The zero-order chi connectivity index (χ0) is 22.8. The van der Waals surface area contributed by atoms with E-state index in [-0.39, 0.29) is 34.2 Å². The van der Waals surface area contributed by atoms with Gasteiger partial charge in [0.25, 0.3) is 0 Å². The third-order valence-corrected chi connectivity index (χ3v) is 2.98. The number of carboxylic acids is 2. The molecule has 0 heterocycles. The molecule has 0 bridgehead atoms. The van der Waals surface area contributed by atoms with E-state index in [2.05, 4.69) is 0 Å². The van der Waals surface area contributed by atoms with Crippen molar-refractivity contribution >= 4 is 22.7 Å². The van der Waals surface area contributed by atoms with Gasteiger partial charge >= 0.3 is 21.1 Å². The van der Waals surface area contributed by atoms with Crippen molar-refractivity contribution in [1.82, 2.24) is 4.90 Å². The average Bonchev–Trinajstić information content (AvgIpc) is 2.61. The minimum absolute atomic E-state index is 0. The number of nitrogens with two attached hydrogens (primary N) is 1. The standard InChI is InChI=1S/C13H22N3O2.C3H4O4.C2H6OS.Pt/c14-6-12(17)9-16(10-13(18)7-15)8-11-4-2-1-3-5-11;4-2(5)1-3(6)7;1-4(2)3;/h1-5,12-14,17-18H,6-10,15H2;1H2,(H,4,5)(H,6,7);1-2H3;/q-1;;;+4/p-2. The molecule has 1 rings (SSSR count). The molecule has 0 radical (unpaired) electrons. The number of aliphatic carboxylic acids is 2. The van der Waals surface area contributed by atoms with Crippen LogP contribution >= 0.6 is 0 Å². The Labute approximate surface area is 194 Å². The maximum atomic E-state index is 9.60. The van der Waals surface area contributed by atoms with Crippen molar-refractivity contribution in [1.29, 1.82) is 0 Å². The summed E-state index contributed by atoms with van der Waals surface area (Å²) < 4.78 is 9.56. The first-order valence-electron chi connectivity index (χ1n) is 8.63. The smallest absolute Gasteiger partial charge is 0.675 e. The number of carbonyl (C=O) groups is 2. The van der Waals surface area contributed by atoms with E-state index < -0.39 is 41.4 Å². The minimum atomic E-state index is -1.63. The first-order valence-corrected chi connectivity index (χ1v) is 10.6. The van der Waals surface area contributed by atoms with Crippen LogP contribution in [0.25, 0.3) is 5.73 Å². The van der Waals surface area contributed by atoms with E-state index in [1.165, 1.54) is 0 Å². The van der Waals surface area contributed by atoms with E-state index in [4.69, 9.17) is 11.5 Å². The van der Waals surface area contributed by atoms with Crippen molar-refractivity contribution in [3.8, 4) is 0 Å². The number of aliphatic hydroxyl groups excluding tert-OH is 2. The van der Waals surface area contributed by atoms with Gasteiger partial charge in [-0.2, -0.15) is 0 Å². The maximum absolute atomic E-state index is 9.60. The van der Waals surface area contributed by atoms with E-state index in [1.807, 2.05) is 35.2 Å². The summed E-state index contributed by atoms with van der Waals surface area (Å²) in [4.78, 5) is 20.5. The molecule has 0 aliphatic rings. The van der Waals surface area contributed by atoms with Crippen molar-refractivity contribution in [2.75, 3.05) is 38.7 Å². The van der Waals surface area contributed by atoms with Gasteiger partial charge in [0, 0.05) is 74.0 Å². The van der Waals surface area contributed by atoms with Gasteiger partial charge < -0.3 is 41.5 Å². The van der Waals surface area contributed by atoms with Crippen LogP contribution in [0.4, 0.5) is 0 Å². The summed E-state index contributed by atoms with van der Waals surface area (Å²) in [6, 6.07) is 9.84. The monoisotopic (exact) mass is 627 g/mol. The van der Waals surface area contributed by atoms with Gasteiger partial charge in [-0.05, 0) is 5.56 Å². The molecule has 30 heavy (non-hydrogen) atoms. The molecule has 0 fully saturated rings. The number of benzene rings is 1. The van der Waals surface area contributed by atoms with Gasteiger partial charge in [-0.3, -0.25) is 9.11 Å². The molecule has 2 unspecified atom stereocenters. The predicted molar refractivity (Wildman–Crippen MR) is 107 cm³/mol. The van der Waals surface area contributed by atoms with E-state index in [0.29, 0.717) is 19.6 Å². The molecule has 10 nitrogen and oxygen atoms in total. The Morgan fingerprint density at radius 2 is 1.53 bits per heavy atom. The van der Waals surface area contributed by atoms with Gasteiger partial charge in [0.2, 0.25) is 0 Å². The molecular weight excluding hydrogens is 597 g/mol. The molecule has 174 valence electrons. The molecule has 1 aromatic rings. The normalized spacial score (nSPS) is 11.9. The van der Waals surface area contributed by atoms with Crippen LogP contribution in [0.2, 0.25) is 0 Å². The van der Waals surface area contributed by atoms with Crippen molar-refractivity contribution in [2.45, 2.75) is 25.2 Å².